The molecule has 0 saturated carbocycles. The number of hydrogen-bond donors (Lipinski definition) is 0. The molecule has 0 spiro atoms. The van der Waals surface area contributed by atoms with Crippen LogP contribution in [0.15, 0.2) is 83.8 Å². The Morgan fingerprint density at radius 3 is 2.21 bits per heavy atom. The van der Waals surface area contributed by atoms with E-state index >= 15 is 0 Å². The first kappa shape index (κ1) is 27.2. The van der Waals surface area contributed by atoms with Gasteiger partial charge in [-0.05, 0) is 67.1 Å². The average Bonchev–Trinajstić information content (AvgIpc) is 2.96. The Morgan fingerprint density at radius 1 is 0.921 bits per heavy atom. The third-order valence-corrected chi connectivity index (χ3v) is 8.62. The molecule has 0 aromatic heterocycles. The van der Waals surface area contributed by atoms with Crippen LogP contribution in [-0.2, 0) is 26.0 Å². The Labute approximate surface area is 223 Å². The maximum Gasteiger partial charge on any atom is 0.338 e. The van der Waals surface area contributed by atoms with Gasteiger partial charge in [0, 0.05) is 20.1 Å². The van der Waals surface area contributed by atoms with Crippen molar-refractivity contribution in [3.05, 3.63) is 90.0 Å². The summed E-state index contributed by atoms with van der Waals surface area (Å²) in [6.45, 7) is 0.930. The van der Waals surface area contributed by atoms with E-state index in [1.165, 1.54) is 44.0 Å². The Bertz CT molecular complexity index is 1350. The quantitative estimate of drug-likeness (QED) is 0.382. The minimum Gasteiger partial charge on any atom is -0.495 e. The monoisotopic (exact) mass is 536 g/mol. The van der Waals surface area contributed by atoms with Gasteiger partial charge in [0.25, 0.3) is 15.9 Å². The lowest BCUT2D eigenvalue weighted by atomic mass is 9.90. The van der Waals surface area contributed by atoms with Crippen molar-refractivity contribution in [1.29, 1.82) is 0 Å². The van der Waals surface area contributed by atoms with Crippen LogP contribution >= 0.6 is 0 Å². The molecule has 1 aliphatic heterocycles. The number of nitrogens with zero attached hydrogens (tertiary/aromatic N) is 2. The predicted octanol–water partition coefficient (Wildman–Crippen LogP) is 4.16. The highest BCUT2D eigenvalue weighted by molar-refractivity contribution is 7.92. The van der Waals surface area contributed by atoms with Gasteiger partial charge in [0.2, 0.25) is 0 Å². The van der Waals surface area contributed by atoms with Crippen molar-refractivity contribution in [2.45, 2.75) is 24.2 Å². The number of benzene rings is 3. The first-order valence-electron chi connectivity index (χ1n) is 12.5. The molecule has 1 heterocycles. The number of carbonyl (C=O) groups excluding carboxylic acids is 2. The molecule has 3 aromatic rings. The number of carbonyl (C=O) groups is 2. The average molecular weight is 537 g/mol. The van der Waals surface area contributed by atoms with Crippen molar-refractivity contribution in [2.24, 2.45) is 5.92 Å². The van der Waals surface area contributed by atoms with Crippen LogP contribution in [0.3, 0.4) is 0 Å². The molecule has 1 fully saturated rings. The molecule has 1 saturated heterocycles. The summed E-state index contributed by atoms with van der Waals surface area (Å²) in [4.78, 5) is 26.9. The minimum absolute atomic E-state index is 0.0110. The van der Waals surface area contributed by atoms with Crippen LogP contribution in [0.4, 0.5) is 5.69 Å². The maximum absolute atomic E-state index is 13.1. The van der Waals surface area contributed by atoms with Crippen molar-refractivity contribution in [1.82, 2.24) is 4.90 Å². The van der Waals surface area contributed by atoms with Crippen molar-refractivity contribution in [3.8, 4) is 5.75 Å². The van der Waals surface area contributed by atoms with Gasteiger partial charge in [-0.3, -0.25) is 9.10 Å². The van der Waals surface area contributed by atoms with Gasteiger partial charge in [0.05, 0.1) is 23.3 Å². The van der Waals surface area contributed by atoms with E-state index in [0.717, 1.165) is 23.6 Å². The van der Waals surface area contributed by atoms with E-state index in [2.05, 4.69) is 12.1 Å². The Kier molecular flexibility index (Phi) is 8.68. The number of hydrogen-bond acceptors (Lipinski definition) is 6. The second kappa shape index (κ2) is 12.1. The Morgan fingerprint density at radius 2 is 1.55 bits per heavy atom. The molecule has 0 radical (unpaired) electrons. The van der Waals surface area contributed by atoms with Crippen LogP contribution in [-0.4, -0.2) is 59.0 Å². The number of amides is 1. The molecule has 8 nitrogen and oxygen atoms in total. The second-order valence-electron chi connectivity index (χ2n) is 9.26. The molecular formula is C29H32N2O6S. The molecule has 0 unspecified atom stereocenters. The zero-order chi connectivity index (χ0) is 27.1. The summed E-state index contributed by atoms with van der Waals surface area (Å²) in [6.07, 6.45) is 2.82. The summed E-state index contributed by atoms with van der Waals surface area (Å²) in [5.41, 5.74) is 1.86. The smallest absolute Gasteiger partial charge is 0.338 e. The molecule has 1 aliphatic rings. The summed E-state index contributed by atoms with van der Waals surface area (Å²) in [5.74, 6) is 0.0400. The number of ether oxygens (including phenoxy) is 2. The fourth-order valence-electron chi connectivity index (χ4n) is 4.58. The first-order valence-corrected chi connectivity index (χ1v) is 13.9. The normalized spacial score (nSPS) is 14.1. The number of likely N-dealkylation sites (tertiary alicyclic amines) is 1. The molecule has 200 valence electrons. The van der Waals surface area contributed by atoms with E-state index in [1.807, 2.05) is 18.2 Å². The third kappa shape index (κ3) is 6.34. The number of anilines is 1. The predicted molar refractivity (Wildman–Crippen MR) is 145 cm³/mol. The van der Waals surface area contributed by atoms with Crippen LogP contribution in [0.2, 0.25) is 0 Å². The molecular weight excluding hydrogens is 504 g/mol. The topological polar surface area (TPSA) is 93.2 Å². The lowest BCUT2D eigenvalue weighted by molar-refractivity contribution is -0.135. The molecule has 0 N–H and O–H groups in total. The highest BCUT2D eigenvalue weighted by Crippen LogP contribution is 2.31. The molecule has 0 bridgehead atoms. The zero-order valence-electron chi connectivity index (χ0n) is 21.6. The Balaban J connectivity index is 1.29. The van der Waals surface area contributed by atoms with Gasteiger partial charge in [-0.2, -0.15) is 0 Å². The fraction of sp³-hybridized carbons (Fsp3) is 0.310. The van der Waals surface area contributed by atoms with Gasteiger partial charge in [-0.25, -0.2) is 13.2 Å². The maximum atomic E-state index is 13.1. The number of para-hydroxylation sites is 2. The largest absolute Gasteiger partial charge is 0.495 e. The summed E-state index contributed by atoms with van der Waals surface area (Å²) in [7, 11) is -0.985. The van der Waals surface area contributed by atoms with Gasteiger partial charge < -0.3 is 14.4 Å². The van der Waals surface area contributed by atoms with Gasteiger partial charge in [-0.15, -0.1) is 0 Å². The lowest BCUT2D eigenvalue weighted by Crippen LogP contribution is -2.41. The molecule has 9 heteroatoms. The second-order valence-corrected chi connectivity index (χ2v) is 11.2. The van der Waals surface area contributed by atoms with Gasteiger partial charge in [0.1, 0.15) is 5.75 Å². The lowest BCUT2D eigenvalue weighted by Gasteiger charge is -2.32. The molecule has 38 heavy (non-hydrogen) atoms. The van der Waals surface area contributed by atoms with Crippen molar-refractivity contribution >= 4 is 27.6 Å². The van der Waals surface area contributed by atoms with Crippen LogP contribution in [0.25, 0.3) is 0 Å². The molecule has 0 atom stereocenters. The standard InChI is InChI=1S/C29H32N2O6S/c1-30(26-10-6-7-11-27(26)36-2)38(34,35)25-14-12-24(13-15-25)29(33)37-21-28(32)31-18-16-23(17-19-31)20-22-8-4-3-5-9-22/h3-15,23H,16-21H2,1-2H3. The van der Waals surface area contributed by atoms with Crippen molar-refractivity contribution in [2.75, 3.05) is 38.2 Å². The molecule has 0 aliphatic carbocycles. The van der Waals surface area contributed by atoms with Crippen LogP contribution in [0.1, 0.15) is 28.8 Å². The van der Waals surface area contributed by atoms with E-state index in [4.69, 9.17) is 9.47 Å². The number of rotatable bonds is 9. The van der Waals surface area contributed by atoms with Gasteiger partial charge in [-0.1, -0.05) is 42.5 Å². The number of esters is 1. The SMILES string of the molecule is COc1ccccc1N(C)S(=O)(=O)c1ccc(C(=O)OCC(=O)N2CCC(Cc3ccccc3)CC2)cc1. The van der Waals surface area contributed by atoms with Crippen molar-refractivity contribution < 1.29 is 27.5 Å². The summed E-state index contributed by atoms with van der Waals surface area (Å²) in [6, 6.07) is 22.6. The summed E-state index contributed by atoms with van der Waals surface area (Å²) < 4.78 is 37.8. The first-order chi connectivity index (χ1) is 18.3. The molecule has 3 aromatic carbocycles. The van der Waals surface area contributed by atoms with Gasteiger partial charge >= 0.3 is 5.97 Å². The molecule has 1 amide bonds. The van der Waals surface area contributed by atoms with Gasteiger partial charge in [0.15, 0.2) is 6.61 Å². The van der Waals surface area contributed by atoms with E-state index in [1.54, 1.807) is 29.2 Å². The minimum atomic E-state index is -3.89. The molecule has 4 rings (SSSR count). The number of piperidine rings is 1. The van der Waals surface area contributed by atoms with Crippen LogP contribution < -0.4 is 9.04 Å². The fourth-order valence-corrected chi connectivity index (χ4v) is 5.78. The zero-order valence-corrected chi connectivity index (χ0v) is 22.4. The number of methoxy groups -OCH3 is 1. The summed E-state index contributed by atoms with van der Waals surface area (Å²) in [5, 5.41) is 0. The highest BCUT2D eigenvalue weighted by atomic mass is 32.2. The Hall–Kier alpha value is -3.85. The summed E-state index contributed by atoms with van der Waals surface area (Å²) >= 11 is 0. The van der Waals surface area contributed by atoms with Crippen molar-refractivity contribution in [3.63, 3.8) is 0 Å². The number of sulfonamides is 1. The van der Waals surface area contributed by atoms with E-state index in [9.17, 15) is 18.0 Å². The highest BCUT2D eigenvalue weighted by Gasteiger charge is 2.26. The van der Waals surface area contributed by atoms with Crippen LogP contribution in [0.5, 0.6) is 5.75 Å². The van der Waals surface area contributed by atoms with E-state index < -0.39 is 16.0 Å². The van der Waals surface area contributed by atoms with Crippen LogP contribution in [0, 0.1) is 5.92 Å². The van der Waals surface area contributed by atoms with E-state index in [-0.39, 0.29) is 23.0 Å². The van der Waals surface area contributed by atoms with E-state index in [0.29, 0.717) is 30.4 Å². The third-order valence-electron chi connectivity index (χ3n) is 6.83.